The minimum atomic E-state index is -0.815. The molecule has 7 heteroatoms. The van der Waals surface area contributed by atoms with Crippen molar-refractivity contribution < 1.29 is 23.9 Å². The average molecular weight is 228 g/mol. The highest BCUT2D eigenvalue weighted by Gasteiger charge is 2.29. The Hall–Kier alpha value is -1.92. The van der Waals surface area contributed by atoms with E-state index in [1.165, 1.54) is 0 Å². The maximum absolute atomic E-state index is 11.3. The lowest BCUT2D eigenvalue weighted by molar-refractivity contribution is -0.161. The molecule has 1 atom stereocenters. The Labute approximate surface area is 91.3 Å². The molecule has 1 unspecified atom stereocenters. The van der Waals surface area contributed by atoms with Crippen molar-refractivity contribution in [3.63, 3.8) is 0 Å². The van der Waals surface area contributed by atoms with Crippen molar-refractivity contribution >= 4 is 23.8 Å². The van der Waals surface area contributed by atoms with Gasteiger partial charge in [0, 0.05) is 12.8 Å². The van der Waals surface area contributed by atoms with Crippen LogP contribution in [-0.4, -0.2) is 29.8 Å². The van der Waals surface area contributed by atoms with Crippen molar-refractivity contribution in [1.82, 2.24) is 5.32 Å². The lowest BCUT2D eigenvalue weighted by Gasteiger charge is -2.07. The number of amides is 2. The maximum Gasteiger partial charge on any atom is 0.336 e. The Morgan fingerprint density at radius 1 is 1.38 bits per heavy atom. The van der Waals surface area contributed by atoms with Gasteiger partial charge in [0.05, 0.1) is 6.42 Å². The van der Waals surface area contributed by atoms with Crippen LogP contribution in [0.5, 0.6) is 0 Å². The Morgan fingerprint density at radius 2 is 2.06 bits per heavy atom. The second-order valence-electron chi connectivity index (χ2n) is 3.42. The van der Waals surface area contributed by atoms with E-state index in [0.717, 1.165) is 0 Å². The third-order valence-corrected chi connectivity index (χ3v) is 2.07. The van der Waals surface area contributed by atoms with Crippen LogP contribution in [0.2, 0.25) is 0 Å². The Balaban J connectivity index is 2.31. The fraction of sp³-hybridized carbons (Fsp3) is 0.556. The summed E-state index contributed by atoms with van der Waals surface area (Å²) in [7, 11) is 0. The first-order valence-electron chi connectivity index (χ1n) is 4.81. The number of esters is 2. The van der Waals surface area contributed by atoms with Gasteiger partial charge in [-0.15, -0.1) is 0 Å². The second-order valence-corrected chi connectivity index (χ2v) is 3.42. The van der Waals surface area contributed by atoms with Crippen LogP contribution in [0.1, 0.15) is 25.7 Å². The largest absolute Gasteiger partial charge is 0.392 e. The fourth-order valence-corrected chi connectivity index (χ4v) is 1.25. The Bertz CT molecular complexity index is 339. The predicted molar refractivity (Wildman–Crippen MR) is 50.7 cm³/mol. The van der Waals surface area contributed by atoms with Crippen molar-refractivity contribution in [2.75, 3.05) is 0 Å². The molecule has 1 aliphatic heterocycles. The molecule has 1 aliphatic rings. The van der Waals surface area contributed by atoms with E-state index in [1.54, 1.807) is 0 Å². The van der Waals surface area contributed by atoms with Crippen LogP contribution in [0.15, 0.2) is 0 Å². The highest BCUT2D eigenvalue weighted by Crippen LogP contribution is 2.08. The van der Waals surface area contributed by atoms with E-state index in [2.05, 4.69) is 10.1 Å². The molecular weight excluding hydrogens is 216 g/mol. The maximum atomic E-state index is 11.3. The Kier molecular flexibility index (Phi) is 3.98. The number of carbonyl (C=O) groups is 4. The van der Waals surface area contributed by atoms with Gasteiger partial charge in [-0.05, 0) is 6.42 Å². The smallest absolute Gasteiger partial charge is 0.336 e. The summed E-state index contributed by atoms with van der Waals surface area (Å²) in [5, 5.41) is 2.37. The molecule has 88 valence electrons. The van der Waals surface area contributed by atoms with Crippen LogP contribution in [0.25, 0.3) is 0 Å². The molecule has 0 spiro atoms. The van der Waals surface area contributed by atoms with Gasteiger partial charge in [-0.3, -0.25) is 14.4 Å². The van der Waals surface area contributed by atoms with Gasteiger partial charge in [-0.1, -0.05) is 0 Å². The molecule has 0 saturated carbocycles. The standard InChI is InChI=1S/C9H12N2O5/c10-6(12)2-4-8(14)16-9(15)5-1-3-7(13)11-5/h5H,1-4H2,(H2,10,12)(H,11,13). The van der Waals surface area contributed by atoms with Gasteiger partial charge in [0.25, 0.3) is 0 Å². The van der Waals surface area contributed by atoms with E-state index in [-0.39, 0.29) is 25.2 Å². The molecule has 16 heavy (non-hydrogen) atoms. The zero-order valence-electron chi connectivity index (χ0n) is 8.52. The predicted octanol–water partition coefficient (Wildman–Crippen LogP) is -1.40. The molecule has 0 aromatic carbocycles. The van der Waals surface area contributed by atoms with Crippen LogP contribution >= 0.6 is 0 Å². The first-order chi connectivity index (χ1) is 7.49. The van der Waals surface area contributed by atoms with Crippen molar-refractivity contribution in [2.24, 2.45) is 5.73 Å². The minimum Gasteiger partial charge on any atom is -0.392 e. The monoisotopic (exact) mass is 228 g/mol. The normalized spacial score (nSPS) is 19.0. The summed E-state index contributed by atoms with van der Waals surface area (Å²) in [6.07, 6.45) is 0.168. The fourth-order valence-electron chi connectivity index (χ4n) is 1.25. The molecule has 2 amide bonds. The van der Waals surface area contributed by atoms with E-state index in [0.29, 0.717) is 6.42 Å². The van der Waals surface area contributed by atoms with Crippen LogP contribution in [0.4, 0.5) is 0 Å². The molecule has 7 nitrogen and oxygen atoms in total. The zero-order chi connectivity index (χ0) is 12.1. The molecule has 1 fully saturated rings. The highest BCUT2D eigenvalue weighted by molar-refractivity contribution is 5.94. The van der Waals surface area contributed by atoms with Crippen LogP contribution in [0.3, 0.4) is 0 Å². The molecule has 1 saturated heterocycles. The zero-order valence-corrected chi connectivity index (χ0v) is 8.52. The average Bonchev–Trinajstić information content (AvgIpc) is 2.62. The van der Waals surface area contributed by atoms with E-state index < -0.39 is 23.9 Å². The van der Waals surface area contributed by atoms with Crippen molar-refractivity contribution in [1.29, 1.82) is 0 Å². The van der Waals surface area contributed by atoms with Crippen molar-refractivity contribution in [2.45, 2.75) is 31.7 Å². The van der Waals surface area contributed by atoms with Gasteiger partial charge < -0.3 is 15.8 Å². The molecule has 3 N–H and O–H groups in total. The number of nitrogens with two attached hydrogens (primary N) is 1. The van der Waals surface area contributed by atoms with Gasteiger partial charge in [0.15, 0.2) is 0 Å². The summed E-state index contributed by atoms with van der Waals surface area (Å²) in [4.78, 5) is 43.5. The molecular formula is C9H12N2O5. The molecule has 0 aromatic heterocycles. The highest BCUT2D eigenvalue weighted by atomic mass is 16.6. The number of carbonyl (C=O) groups excluding carboxylic acids is 4. The molecule has 0 bridgehead atoms. The van der Waals surface area contributed by atoms with Crippen molar-refractivity contribution in [3.8, 4) is 0 Å². The van der Waals surface area contributed by atoms with E-state index in [4.69, 9.17) is 5.73 Å². The third-order valence-electron chi connectivity index (χ3n) is 2.07. The third kappa shape index (κ3) is 3.68. The lowest BCUT2D eigenvalue weighted by Crippen LogP contribution is -2.35. The Morgan fingerprint density at radius 3 is 2.56 bits per heavy atom. The number of rotatable bonds is 4. The van der Waals surface area contributed by atoms with Gasteiger partial charge >= 0.3 is 11.9 Å². The van der Waals surface area contributed by atoms with E-state index >= 15 is 0 Å². The number of hydrogen-bond donors (Lipinski definition) is 2. The second kappa shape index (κ2) is 5.24. The first kappa shape index (κ1) is 12.2. The minimum absolute atomic E-state index is 0.164. The summed E-state index contributed by atoms with van der Waals surface area (Å²) in [6, 6.07) is -0.759. The number of nitrogens with one attached hydrogen (secondary N) is 1. The molecule has 1 rings (SSSR count). The van der Waals surface area contributed by atoms with Gasteiger partial charge in [0.2, 0.25) is 11.8 Å². The summed E-state index contributed by atoms with van der Waals surface area (Å²) in [5.41, 5.74) is 4.82. The molecule has 0 aliphatic carbocycles. The molecule has 0 radical (unpaired) electrons. The SMILES string of the molecule is NC(=O)CCC(=O)OC(=O)C1CCC(=O)N1. The summed E-state index contributed by atoms with van der Waals surface area (Å²) in [6.45, 7) is 0. The first-order valence-corrected chi connectivity index (χ1v) is 4.81. The van der Waals surface area contributed by atoms with Gasteiger partial charge in [-0.25, -0.2) is 4.79 Å². The number of ether oxygens (including phenoxy) is 1. The summed E-state index contributed by atoms with van der Waals surface area (Å²) in [5.74, 6) is -2.49. The van der Waals surface area contributed by atoms with Crippen LogP contribution in [-0.2, 0) is 23.9 Å². The number of hydrogen-bond acceptors (Lipinski definition) is 5. The van der Waals surface area contributed by atoms with E-state index in [9.17, 15) is 19.2 Å². The lowest BCUT2D eigenvalue weighted by atomic mass is 10.2. The van der Waals surface area contributed by atoms with Crippen LogP contribution < -0.4 is 11.1 Å². The van der Waals surface area contributed by atoms with Gasteiger partial charge in [-0.2, -0.15) is 0 Å². The summed E-state index contributed by atoms with van der Waals surface area (Å²) >= 11 is 0. The molecule has 1 heterocycles. The summed E-state index contributed by atoms with van der Waals surface area (Å²) < 4.78 is 4.43. The van der Waals surface area contributed by atoms with Gasteiger partial charge in [0.1, 0.15) is 6.04 Å². The van der Waals surface area contributed by atoms with E-state index in [1.807, 2.05) is 0 Å². The van der Waals surface area contributed by atoms with Crippen molar-refractivity contribution in [3.05, 3.63) is 0 Å². The topological polar surface area (TPSA) is 116 Å². The number of primary amides is 1. The molecule has 0 aromatic rings. The van der Waals surface area contributed by atoms with Crippen LogP contribution in [0, 0.1) is 0 Å². The quantitative estimate of drug-likeness (QED) is 0.453.